The zero-order valence-electron chi connectivity index (χ0n) is 7.28. The smallest absolute Gasteiger partial charge is 0.0896 e. The van der Waals surface area contributed by atoms with Crippen molar-refractivity contribution >= 4 is 17.1 Å². The maximum Gasteiger partial charge on any atom is 0.0896 e. The topological polar surface area (TPSA) is 48.4 Å². The molecule has 0 radical (unpaired) electrons. The minimum atomic E-state index is 0.808. The molecule has 0 unspecified atom stereocenters. The van der Waals surface area contributed by atoms with Crippen molar-refractivity contribution in [1.29, 1.82) is 0 Å². The highest BCUT2D eigenvalue weighted by Crippen LogP contribution is 2.15. The van der Waals surface area contributed by atoms with Crippen LogP contribution in [0, 0.1) is 6.92 Å². The number of rotatable bonds is 1. The van der Waals surface area contributed by atoms with Gasteiger partial charge in [-0.15, -0.1) is 0 Å². The van der Waals surface area contributed by atoms with E-state index in [4.69, 9.17) is 5.21 Å². The quantitative estimate of drug-likeness (QED) is 0.389. The van der Waals surface area contributed by atoms with Crippen molar-refractivity contribution in [3.8, 4) is 0 Å². The summed E-state index contributed by atoms with van der Waals surface area (Å²) in [5.74, 6) is 0. The summed E-state index contributed by atoms with van der Waals surface area (Å²) in [4.78, 5) is 3.11. The molecule has 1 heterocycles. The number of fused-ring (bicyclic) bond motifs is 1. The number of hydrogen-bond donors (Lipinski definition) is 2. The molecule has 0 amide bonds. The van der Waals surface area contributed by atoms with E-state index in [1.165, 1.54) is 11.8 Å². The van der Waals surface area contributed by atoms with E-state index in [1.807, 2.05) is 25.1 Å². The Kier molecular flexibility index (Phi) is 1.77. The highest BCUT2D eigenvalue weighted by molar-refractivity contribution is 5.89. The number of nitrogens with zero attached hydrogens (tertiary/aromatic N) is 1. The van der Waals surface area contributed by atoms with E-state index in [-0.39, 0.29) is 0 Å². The van der Waals surface area contributed by atoms with Gasteiger partial charge in [-0.3, -0.25) is 0 Å². The molecule has 2 N–H and O–H groups in total. The Balaban J connectivity index is 2.62. The van der Waals surface area contributed by atoms with Gasteiger partial charge in [-0.05, 0) is 25.1 Å². The van der Waals surface area contributed by atoms with Gasteiger partial charge in [-0.2, -0.15) is 0 Å². The molecule has 1 aromatic carbocycles. The summed E-state index contributed by atoms with van der Waals surface area (Å²) in [5, 5.41) is 12.5. The Morgan fingerprint density at radius 3 is 3.00 bits per heavy atom. The van der Waals surface area contributed by atoms with E-state index in [9.17, 15) is 0 Å². The lowest BCUT2D eigenvalue weighted by Gasteiger charge is -1.90. The normalized spacial score (nSPS) is 11.5. The lowest BCUT2D eigenvalue weighted by Crippen LogP contribution is -1.77. The van der Waals surface area contributed by atoms with Gasteiger partial charge in [-0.25, -0.2) is 0 Å². The number of nitrogens with one attached hydrogen (secondary N) is 1. The summed E-state index contributed by atoms with van der Waals surface area (Å²) in [7, 11) is 0. The van der Waals surface area contributed by atoms with E-state index in [1.54, 1.807) is 0 Å². The molecule has 0 spiro atoms. The molecule has 66 valence electrons. The van der Waals surface area contributed by atoms with E-state index in [2.05, 4.69) is 16.2 Å². The Morgan fingerprint density at radius 1 is 1.38 bits per heavy atom. The molecule has 3 heteroatoms. The summed E-state index contributed by atoms with van der Waals surface area (Å²) in [6, 6.07) is 8.08. The zero-order chi connectivity index (χ0) is 9.26. The fourth-order valence-corrected chi connectivity index (χ4v) is 1.41. The number of H-pyrrole nitrogens is 1. The first-order valence-corrected chi connectivity index (χ1v) is 4.06. The number of aromatic nitrogens is 1. The molecular formula is C10H10N2O. The average molecular weight is 174 g/mol. The Morgan fingerprint density at radius 2 is 2.23 bits per heavy atom. The van der Waals surface area contributed by atoms with Crippen molar-refractivity contribution in [2.24, 2.45) is 5.16 Å². The summed E-state index contributed by atoms with van der Waals surface area (Å²) in [6.45, 7) is 2.05. The third-order valence-corrected chi connectivity index (χ3v) is 1.99. The Labute approximate surface area is 75.7 Å². The van der Waals surface area contributed by atoms with Crippen LogP contribution in [0.3, 0.4) is 0 Å². The molecule has 13 heavy (non-hydrogen) atoms. The third kappa shape index (κ3) is 1.40. The monoisotopic (exact) mass is 174 g/mol. The van der Waals surface area contributed by atoms with E-state index in [0.29, 0.717) is 0 Å². The van der Waals surface area contributed by atoms with Crippen LogP contribution >= 0.6 is 0 Å². The van der Waals surface area contributed by atoms with Crippen LogP contribution in [-0.2, 0) is 0 Å². The van der Waals surface area contributed by atoms with Crippen LogP contribution in [0.15, 0.2) is 29.4 Å². The van der Waals surface area contributed by atoms with Crippen LogP contribution in [0.2, 0.25) is 0 Å². The number of hydrogen-bond acceptors (Lipinski definition) is 2. The van der Waals surface area contributed by atoms with Gasteiger partial charge in [-0.1, -0.05) is 16.8 Å². The van der Waals surface area contributed by atoms with Gasteiger partial charge < -0.3 is 10.2 Å². The van der Waals surface area contributed by atoms with Gasteiger partial charge >= 0.3 is 0 Å². The molecule has 0 fully saturated rings. The second-order valence-corrected chi connectivity index (χ2v) is 3.06. The van der Waals surface area contributed by atoms with Crippen LogP contribution in [0.25, 0.3) is 10.9 Å². The van der Waals surface area contributed by atoms with Gasteiger partial charge in [0.1, 0.15) is 0 Å². The molecule has 0 bridgehead atoms. The number of aryl methyl sites for hydroxylation is 1. The van der Waals surface area contributed by atoms with Crippen molar-refractivity contribution in [1.82, 2.24) is 4.98 Å². The minimum absolute atomic E-state index is 0.808. The van der Waals surface area contributed by atoms with E-state index >= 15 is 0 Å². The molecule has 3 nitrogen and oxygen atoms in total. The molecule has 2 aromatic rings. The highest BCUT2D eigenvalue weighted by Gasteiger charge is 1.97. The first-order chi connectivity index (χ1) is 6.29. The van der Waals surface area contributed by atoms with E-state index < -0.39 is 0 Å². The average Bonchev–Trinajstić information content (AvgIpc) is 2.46. The summed E-state index contributed by atoms with van der Waals surface area (Å²) in [6.07, 6.45) is 1.38. The summed E-state index contributed by atoms with van der Waals surface area (Å²) >= 11 is 0. The van der Waals surface area contributed by atoms with Crippen LogP contribution in [-0.4, -0.2) is 16.4 Å². The van der Waals surface area contributed by atoms with Crippen molar-refractivity contribution in [2.45, 2.75) is 6.92 Å². The summed E-state index contributed by atoms with van der Waals surface area (Å²) < 4.78 is 0. The van der Waals surface area contributed by atoms with Crippen molar-refractivity contribution in [3.05, 3.63) is 35.5 Å². The van der Waals surface area contributed by atoms with Gasteiger partial charge in [0.15, 0.2) is 0 Å². The second kappa shape index (κ2) is 2.94. The largest absolute Gasteiger partial charge is 0.411 e. The molecule has 0 atom stereocenters. The molecule has 1 aromatic heterocycles. The summed E-state index contributed by atoms with van der Waals surface area (Å²) in [5.41, 5.74) is 3.09. The van der Waals surface area contributed by atoms with Crippen molar-refractivity contribution in [2.75, 3.05) is 0 Å². The minimum Gasteiger partial charge on any atom is -0.411 e. The Hall–Kier alpha value is -1.77. The van der Waals surface area contributed by atoms with Gasteiger partial charge in [0.25, 0.3) is 0 Å². The molecule has 0 aliphatic carbocycles. The molecule has 2 rings (SSSR count). The molecule has 0 saturated carbocycles. The van der Waals surface area contributed by atoms with Crippen LogP contribution in [0.5, 0.6) is 0 Å². The van der Waals surface area contributed by atoms with Gasteiger partial charge in [0.05, 0.1) is 11.9 Å². The molecule has 0 aliphatic rings. The maximum absolute atomic E-state index is 8.35. The lowest BCUT2D eigenvalue weighted by molar-refractivity contribution is 0.321. The van der Waals surface area contributed by atoms with Crippen molar-refractivity contribution in [3.63, 3.8) is 0 Å². The van der Waals surface area contributed by atoms with Crippen LogP contribution in [0.4, 0.5) is 0 Å². The van der Waals surface area contributed by atoms with E-state index in [0.717, 1.165) is 16.6 Å². The maximum atomic E-state index is 8.35. The predicted molar refractivity (Wildman–Crippen MR) is 52.4 cm³/mol. The highest BCUT2D eigenvalue weighted by atomic mass is 16.4. The van der Waals surface area contributed by atoms with Crippen molar-refractivity contribution < 1.29 is 5.21 Å². The molecular weight excluding hydrogens is 164 g/mol. The second-order valence-electron chi connectivity index (χ2n) is 3.06. The molecule has 0 saturated heterocycles. The first-order valence-electron chi connectivity index (χ1n) is 4.06. The first kappa shape index (κ1) is 7.86. The third-order valence-electron chi connectivity index (χ3n) is 1.99. The zero-order valence-corrected chi connectivity index (χ0v) is 7.28. The fraction of sp³-hybridized carbons (Fsp3) is 0.100. The van der Waals surface area contributed by atoms with Crippen LogP contribution < -0.4 is 0 Å². The predicted octanol–water partition coefficient (Wildman–Crippen LogP) is 2.28. The Bertz CT molecular complexity index is 457. The van der Waals surface area contributed by atoms with Gasteiger partial charge in [0.2, 0.25) is 0 Å². The van der Waals surface area contributed by atoms with Crippen LogP contribution in [0.1, 0.15) is 11.3 Å². The fourth-order valence-electron chi connectivity index (χ4n) is 1.41. The number of oxime groups is 1. The standard InChI is InChI=1S/C10H10N2O/c1-7-2-3-10-8(4-7)5-9(12-10)6-11-13/h2-6,12-13H,1H3/b11-6+. The number of aromatic amines is 1. The SMILES string of the molecule is Cc1ccc2[nH]c(/C=N/O)cc2c1. The lowest BCUT2D eigenvalue weighted by atomic mass is 10.2. The molecule has 0 aliphatic heterocycles. The number of benzene rings is 1. The van der Waals surface area contributed by atoms with Gasteiger partial charge in [0, 0.05) is 10.9 Å².